The van der Waals surface area contributed by atoms with E-state index in [4.69, 9.17) is 9.29 Å². The van der Waals surface area contributed by atoms with Crippen molar-refractivity contribution in [2.75, 3.05) is 13.2 Å². The number of rotatable bonds is 9. The molecule has 1 heterocycles. The predicted octanol–water partition coefficient (Wildman–Crippen LogP) is 5.14. The van der Waals surface area contributed by atoms with Gasteiger partial charge in [0.25, 0.3) is 0 Å². The quantitative estimate of drug-likeness (QED) is 0.402. The van der Waals surface area contributed by atoms with E-state index in [9.17, 15) is 4.21 Å². The number of hydrogen-bond acceptors (Lipinski definition) is 2. The number of ether oxygens (including phenoxy) is 1. The zero-order valence-electron chi connectivity index (χ0n) is 16.4. The first kappa shape index (κ1) is 20.5. The average Bonchev–Trinajstić information content (AvgIpc) is 3.02. The van der Waals surface area contributed by atoms with Crippen LogP contribution in [-0.4, -0.2) is 26.5 Å². The van der Waals surface area contributed by atoms with Crippen LogP contribution in [0.25, 0.3) is 16.9 Å². The molecule has 0 amide bonds. The summed E-state index contributed by atoms with van der Waals surface area (Å²) < 4.78 is 28.1. The summed E-state index contributed by atoms with van der Waals surface area (Å²) in [4.78, 5) is 0. The van der Waals surface area contributed by atoms with Gasteiger partial charge in [-0.1, -0.05) is 49.4 Å². The van der Waals surface area contributed by atoms with Crippen molar-refractivity contribution in [1.29, 1.82) is 0 Å². The molecule has 0 bridgehead atoms. The zero-order chi connectivity index (χ0) is 19.9. The molecular weight excluding hydrogens is 370 g/mol. The molecule has 0 spiro atoms. The summed E-state index contributed by atoms with van der Waals surface area (Å²) in [5.74, 6) is 0.152. The minimum atomic E-state index is -1.83. The molecule has 0 radical (unpaired) electrons. The number of hydrogen-bond donors (Lipinski definition) is 1. The number of aromatic nitrogens is 1. The van der Waals surface area contributed by atoms with Crippen molar-refractivity contribution < 1.29 is 13.5 Å². The standard InChI is InChI=1S/C23H27NO3S/c1-3-14-27-15-13-21-16-23(20-11-9-19(10-12-20)17-28(25)26)24(18(21)2)22-7-5-4-6-8-22/h4-12,16H,3,13-15,17H2,1-2H3,(H,25,26). The smallest absolute Gasteiger partial charge is 0.157 e. The number of para-hydroxylation sites is 1. The fourth-order valence-electron chi connectivity index (χ4n) is 3.38. The first-order valence-electron chi connectivity index (χ1n) is 9.61. The Bertz CT molecular complexity index is 917. The SMILES string of the molecule is CCCOCCc1cc(-c2ccc(CS(=O)O)cc2)n(-c2ccccc2)c1C. The predicted molar refractivity (Wildman–Crippen MR) is 115 cm³/mol. The van der Waals surface area contributed by atoms with Gasteiger partial charge in [0.15, 0.2) is 11.1 Å². The van der Waals surface area contributed by atoms with Gasteiger partial charge in [0.1, 0.15) is 0 Å². The normalized spacial score (nSPS) is 12.2. The van der Waals surface area contributed by atoms with Crippen molar-refractivity contribution in [2.45, 2.75) is 32.4 Å². The Hall–Kier alpha value is -2.21. The van der Waals surface area contributed by atoms with Crippen molar-refractivity contribution >= 4 is 11.1 Å². The minimum Gasteiger partial charge on any atom is -0.381 e. The van der Waals surface area contributed by atoms with E-state index in [0.717, 1.165) is 42.0 Å². The fraction of sp³-hybridized carbons (Fsp3) is 0.304. The van der Waals surface area contributed by atoms with E-state index in [2.05, 4.69) is 36.6 Å². The van der Waals surface area contributed by atoms with Gasteiger partial charge in [-0.2, -0.15) is 0 Å². The average molecular weight is 398 g/mol. The summed E-state index contributed by atoms with van der Waals surface area (Å²) in [5, 5.41) is 0. The Morgan fingerprint density at radius 3 is 2.39 bits per heavy atom. The maximum atomic E-state index is 11.1. The first-order valence-corrected chi connectivity index (χ1v) is 10.9. The third-order valence-corrected chi connectivity index (χ3v) is 5.35. The van der Waals surface area contributed by atoms with Crippen molar-refractivity contribution in [3.63, 3.8) is 0 Å². The highest BCUT2D eigenvalue weighted by molar-refractivity contribution is 7.78. The van der Waals surface area contributed by atoms with Gasteiger partial charge in [0, 0.05) is 18.0 Å². The van der Waals surface area contributed by atoms with E-state index in [1.54, 1.807) is 0 Å². The monoisotopic (exact) mass is 397 g/mol. The molecule has 0 aliphatic heterocycles. The molecule has 1 aromatic heterocycles. The third kappa shape index (κ3) is 4.98. The second-order valence-electron chi connectivity index (χ2n) is 6.84. The molecule has 28 heavy (non-hydrogen) atoms. The van der Waals surface area contributed by atoms with Crippen LogP contribution in [0.1, 0.15) is 30.2 Å². The van der Waals surface area contributed by atoms with Gasteiger partial charge in [-0.25, -0.2) is 4.21 Å². The molecule has 2 aromatic carbocycles. The molecule has 3 aromatic rings. The maximum Gasteiger partial charge on any atom is 0.157 e. The number of benzene rings is 2. The highest BCUT2D eigenvalue weighted by atomic mass is 32.2. The second kappa shape index (κ2) is 9.82. The Kier molecular flexibility index (Phi) is 7.20. The lowest BCUT2D eigenvalue weighted by Gasteiger charge is -2.13. The Morgan fingerprint density at radius 1 is 1.04 bits per heavy atom. The second-order valence-corrected chi connectivity index (χ2v) is 7.77. The molecule has 4 nitrogen and oxygen atoms in total. The van der Waals surface area contributed by atoms with Gasteiger partial charge in [-0.3, -0.25) is 0 Å². The van der Waals surface area contributed by atoms with Gasteiger partial charge < -0.3 is 13.9 Å². The first-order chi connectivity index (χ1) is 13.6. The lowest BCUT2D eigenvalue weighted by atomic mass is 10.1. The van der Waals surface area contributed by atoms with Crippen LogP contribution in [0.15, 0.2) is 60.7 Å². The van der Waals surface area contributed by atoms with Crippen molar-refractivity contribution in [3.05, 3.63) is 77.5 Å². The molecule has 0 aliphatic carbocycles. The molecule has 148 valence electrons. The Balaban J connectivity index is 1.97. The molecule has 0 aliphatic rings. The molecule has 1 atom stereocenters. The summed E-state index contributed by atoms with van der Waals surface area (Å²) in [7, 11) is 0. The molecule has 0 saturated heterocycles. The van der Waals surface area contributed by atoms with Crippen LogP contribution in [0.5, 0.6) is 0 Å². The van der Waals surface area contributed by atoms with Crippen LogP contribution < -0.4 is 0 Å². The molecule has 0 saturated carbocycles. The van der Waals surface area contributed by atoms with Crippen LogP contribution in [0.3, 0.4) is 0 Å². The van der Waals surface area contributed by atoms with Crippen molar-refractivity contribution in [2.24, 2.45) is 0 Å². The van der Waals surface area contributed by atoms with Gasteiger partial charge >= 0.3 is 0 Å². The Morgan fingerprint density at radius 2 is 1.75 bits per heavy atom. The molecule has 5 heteroatoms. The number of nitrogens with zero attached hydrogens (tertiary/aromatic N) is 1. The van der Waals surface area contributed by atoms with Crippen molar-refractivity contribution in [3.8, 4) is 16.9 Å². The van der Waals surface area contributed by atoms with Gasteiger partial charge in [0.05, 0.1) is 18.1 Å². The van der Waals surface area contributed by atoms with Crippen LogP contribution in [0, 0.1) is 6.92 Å². The summed E-state index contributed by atoms with van der Waals surface area (Å²) in [5.41, 5.74) is 6.66. The largest absolute Gasteiger partial charge is 0.381 e. The lowest BCUT2D eigenvalue weighted by Crippen LogP contribution is -2.02. The summed E-state index contributed by atoms with van der Waals surface area (Å²) in [6.45, 7) is 5.77. The van der Waals surface area contributed by atoms with Crippen LogP contribution >= 0.6 is 0 Å². The van der Waals surface area contributed by atoms with E-state index in [1.165, 1.54) is 11.3 Å². The van der Waals surface area contributed by atoms with Crippen LogP contribution in [0.4, 0.5) is 0 Å². The topological polar surface area (TPSA) is 51.5 Å². The lowest BCUT2D eigenvalue weighted by molar-refractivity contribution is 0.138. The van der Waals surface area contributed by atoms with E-state index < -0.39 is 11.1 Å². The van der Waals surface area contributed by atoms with Gasteiger partial charge in [0.2, 0.25) is 0 Å². The van der Waals surface area contributed by atoms with E-state index in [-0.39, 0.29) is 5.75 Å². The maximum absolute atomic E-state index is 11.1. The van der Waals surface area contributed by atoms with E-state index in [0.29, 0.717) is 6.61 Å². The summed E-state index contributed by atoms with van der Waals surface area (Å²) >= 11 is -1.83. The zero-order valence-corrected chi connectivity index (χ0v) is 17.2. The molecule has 1 unspecified atom stereocenters. The fourth-order valence-corrected chi connectivity index (χ4v) is 3.85. The molecule has 3 rings (SSSR count). The summed E-state index contributed by atoms with van der Waals surface area (Å²) in [6, 6.07) is 20.4. The van der Waals surface area contributed by atoms with Crippen LogP contribution in [0.2, 0.25) is 0 Å². The highest BCUT2D eigenvalue weighted by Gasteiger charge is 2.15. The Labute approximate surface area is 169 Å². The highest BCUT2D eigenvalue weighted by Crippen LogP contribution is 2.30. The van der Waals surface area contributed by atoms with E-state index in [1.807, 2.05) is 42.5 Å². The van der Waals surface area contributed by atoms with Crippen LogP contribution in [-0.2, 0) is 28.0 Å². The summed E-state index contributed by atoms with van der Waals surface area (Å²) in [6.07, 6.45) is 1.90. The molecule has 0 fully saturated rings. The minimum absolute atomic E-state index is 0.152. The molecule has 1 N–H and O–H groups in total. The molecular formula is C23H27NO3S. The van der Waals surface area contributed by atoms with Crippen molar-refractivity contribution in [1.82, 2.24) is 4.57 Å². The van der Waals surface area contributed by atoms with Gasteiger partial charge in [-0.05, 0) is 54.7 Å². The van der Waals surface area contributed by atoms with Gasteiger partial charge in [-0.15, -0.1) is 0 Å². The third-order valence-electron chi connectivity index (χ3n) is 4.77. The van der Waals surface area contributed by atoms with E-state index >= 15 is 0 Å².